The van der Waals surface area contributed by atoms with E-state index in [-0.39, 0.29) is 5.91 Å². The Morgan fingerprint density at radius 2 is 1.90 bits per heavy atom. The second-order valence-corrected chi connectivity index (χ2v) is 6.96. The van der Waals surface area contributed by atoms with Gasteiger partial charge < -0.3 is 5.32 Å². The third-order valence-electron chi connectivity index (χ3n) is 2.71. The van der Waals surface area contributed by atoms with Gasteiger partial charge in [0.2, 0.25) is 10.0 Å². The van der Waals surface area contributed by atoms with E-state index in [0.29, 0.717) is 23.7 Å². The molecule has 0 heterocycles. The summed E-state index contributed by atoms with van der Waals surface area (Å²) in [5.41, 5.74) is 0.638. The van der Waals surface area contributed by atoms with Crippen LogP contribution in [-0.4, -0.2) is 27.1 Å². The van der Waals surface area contributed by atoms with Crippen LogP contribution in [0.1, 0.15) is 37.0 Å². The molecule has 0 bridgehead atoms. The molecule has 1 aromatic rings. The highest BCUT2D eigenvalue weighted by atomic mass is 32.2. The lowest BCUT2D eigenvalue weighted by molar-refractivity contribution is 0.0953. The highest BCUT2D eigenvalue weighted by molar-refractivity contribution is 7.92. The van der Waals surface area contributed by atoms with Crippen LogP contribution < -0.4 is 10.0 Å². The lowest BCUT2D eigenvalue weighted by atomic mass is 10.1. The molecule has 0 spiro atoms. The Kier molecular flexibility index (Phi) is 6.01. The van der Waals surface area contributed by atoms with Crippen LogP contribution in [0, 0.1) is 5.92 Å². The van der Waals surface area contributed by atoms with Gasteiger partial charge in [0.1, 0.15) is 0 Å². The Morgan fingerprint density at radius 1 is 1.25 bits per heavy atom. The van der Waals surface area contributed by atoms with Crippen LogP contribution in [0.2, 0.25) is 0 Å². The first-order chi connectivity index (χ1) is 9.29. The van der Waals surface area contributed by atoms with E-state index in [1.165, 1.54) is 0 Å². The maximum atomic E-state index is 12.1. The van der Waals surface area contributed by atoms with Gasteiger partial charge in [0, 0.05) is 6.54 Å². The first-order valence-corrected chi connectivity index (χ1v) is 8.54. The number of anilines is 1. The number of sulfonamides is 1. The predicted molar refractivity (Wildman–Crippen MR) is 81.3 cm³/mol. The van der Waals surface area contributed by atoms with Crippen molar-refractivity contribution in [2.24, 2.45) is 5.92 Å². The summed E-state index contributed by atoms with van der Waals surface area (Å²) < 4.78 is 24.9. The van der Waals surface area contributed by atoms with Crippen LogP contribution >= 0.6 is 0 Å². The molecule has 0 aliphatic heterocycles. The fraction of sp³-hybridized carbons (Fsp3) is 0.500. The van der Waals surface area contributed by atoms with Crippen molar-refractivity contribution in [3.63, 3.8) is 0 Å². The summed E-state index contributed by atoms with van der Waals surface area (Å²) in [4.78, 5) is 12.1. The fourth-order valence-electron chi connectivity index (χ4n) is 1.78. The summed E-state index contributed by atoms with van der Waals surface area (Å²) in [6.45, 7) is 4.85. The molecule has 1 aromatic carbocycles. The van der Waals surface area contributed by atoms with Crippen LogP contribution in [0.5, 0.6) is 0 Å². The van der Waals surface area contributed by atoms with Gasteiger partial charge in [0.15, 0.2) is 0 Å². The molecule has 6 heteroatoms. The zero-order valence-electron chi connectivity index (χ0n) is 12.1. The number of para-hydroxylation sites is 1. The van der Waals surface area contributed by atoms with Gasteiger partial charge in [-0.1, -0.05) is 26.0 Å². The number of hydrogen-bond donors (Lipinski definition) is 2. The molecule has 0 unspecified atom stereocenters. The minimum absolute atomic E-state index is 0.263. The number of nitrogens with one attached hydrogen (secondary N) is 2. The first kappa shape index (κ1) is 16.5. The Morgan fingerprint density at radius 3 is 2.50 bits per heavy atom. The lowest BCUT2D eigenvalue weighted by Crippen LogP contribution is -2.26. The van der Waals surface area contributed by atoms with Gasteiger partial charge in [-0.25, -0.2) is 8.42 Å². The number of hydrogen-bond acceptors (Lipinski definition) is 3. The normalized spacial score (nSPS) is 11.4. The van der Waals surface area contributed by atoms with Crippen LogP contribution in [-0.2, 0) is 10.0 Å². The smallest absolute Gasteiger partial charge is 0.253 e. The molecule has 1 rings (SSSR count). The number of benzene rings is 1. The van der Waals surface area contributed by atoms with Crippen molar-refractivity contribution in [1.29, 1.82) is 0 Å². The van der Waals surface area contributed by atoms with Crippen molar-refractivity contribution < 1.29 is 13.2 Å². The average Bonchev–Trinajstić information content (AvgIpc) is 2.33. The summed E-state index contributed by atoms with van der Waals surface area (Å²) in [5.74, 6) is 0.339. The molecule has 0 saturated carbocycles. The monoisotopic (exact) mass is 298 g/mol. The molecule has 1 amide bonds. The first-order valence-electron chi connectivity index (χ1n) is 6.64. The van der Waals surface area contributed by atoms with Crippen LogP contribution in [0.4, 0.5) is 5.69 Å². The highest BCUT2D eigenvalue weighted by Gasteiger charge is 2.13. The molecule has 0 aromatic heterocycles. The second kappa shape index (κ2) is 7.28. The summed E-state index contributed by atoms with van der Waals surface area (Å²) in [7, 11) is -3.40. The van der Waals surface area contributed by atoms with E-state index < -0.39 is 10.0 Å². The van der Waals surface area contributed by atoms with E-state index in [4.69, 9.17) is 0 Å². The zero-order valence-corrected chi connectivity index (χ0v) is 13.0. The van der Waals surface area contributed by atoms with Gasteiger partial charge >= 0.3 is 0 Å². The summed E-state index contributed by atoms with van der Waals surface area (Å²) in [5, 5.41) is 2.81. The van der Waals surface area contributed by atoms with Gasteiger partial charge in [-0.05, 0) is 30.9 Å². The van der Waals surface area contributed by atoms with Gasteiger partial charge in [0.25, 0.3) is 5.91 Å². The number of carbonyl (C=O) groups excluding carboxylic acids is 1. The molecule has 112 valence electrons. The molecule has 0 aliphatic rings. The minimum Gasteiger partial charge on any atom is -0.352 e. The number of carbonyl (C=O) groups is 1. The van der Waals surface area contributed by atoms with Crippen molar-refractivity contribution in [3.8, 4) is 0 Å². The van der Waals surface area contributed by atoms with E-state index in [1.54, 1.807) is 24.3 Å². The van der Waals surface area contributed by atoms with Gasteiger partial charge in [-0.2, -0.15) is 0 Å². The molecule has 20 heavy (non-hydrogen) atoms. The molecule has 0 aliphatic carbocycles. The Bertz CT molecular complexity index is 553. The predicted octanol–water partition coefficient (Wildman–Crippen LogP) is 2.22. The molecule has 2 N–H and O–H groups in total. The third kappa shape index (κ3) is 6.06. The molecule has 0 saturated heterocycles. The van der Waals surface area contributed by atoms with Gasteiger partial charge in [0.05, 0.1) is 17.5 Å². The molecule has 0 radical (unpaired) electrons. The Balaban J connectivity index is 2.68. The van der Waals surface area contributed by atoms with Crippen molar-refractivity contribution >= 4 is 21.6 Å². The highest BCUT2D eigenvalue weighted by Crippen LogP contribution is 2.16. The average molecular weight is 298 g/mol. The van der Waals surface area contributed by atoms with Gasteiger partial charge in [-0.3, -0.25) is 9.52 Å². The number of amides is 1. The lowest BCUT2D eigenvalue weighted by Gasteiger charge is -2.11. The van der Waals surface area contributed by atoms with E-state index in [2.05, 4.69) is 23.9 Å². The van der Waals surface area contributed by atoms with E-state index in [1.807, 2.05) is 0 Å². The topological polar surface area (TPSA) is 75.3 Å². The van der Waals surface area contributed by atoms with E-state index >= 15 is 0 Å². The van der Waals surface area contributed by atoms with Gasteiger partial charge in [-0.15, -0.1) is 0 Å². The quantitative estimate of drug-likeness (QED) is 0.758. The van der Waals surface area contributed by atoms with Crippen molar-refractivity contribution in [3.05, 3.63) is 29.8 Å². The second-order valence-electron chi connectivity index (χ2n) is 5.21. The molecule has 0 fully saturated rings. The fourth-order valence-corrected chi connectivity index (χ4v) is 2.35. The van der Waals surface area contributed by atoms with Crippen LogP contribution in [0.25, 0.3) is 0 Å². The molecular weight excluding hydrogens is 276 g/mol. The summed E-state index contributed by atoms with van der Waals surface area (Å²) in [6.07, 6.45) is 3.01. The number of rotatable bonds is 7. The van der Waals surface area contributed by atoms with Crippen LogP contribution in [0.3, 0.4) is 0 Å². The molecular formula is C14H22N2O3S. The minimum atomic E-state index is -3.40. The Labute approximate surface area is 120 Å². The van der Waals surface area contributed by atoms with E-state index in [9.17, 15) is 13.2 Å². The van der Waals surface area contributed by atoms with Crippen molar-refractivity contribution in [2.45, 2.75) is 26.7 Å². The molecule has 0 atom stereocenters. The SMILES string of the molecule is CC(C)CCCNC(=O)c1ccccc1NS(C)(=O)=O. The summed E-state index contributed by atoms with van der Waals surface area (Å²) >= 11 is 0. The maximum absolute atomic E-state index is 12.1. The third-order valence-corrected chi connectivity index (χ3v) is 3.30. The molecule has 5 nitrogen and oxygen atoms in total. The summed E-state index contributed by atoms with van der Waals surface area (Å²) in [6, 6.07) is 6.56. The van der Waals surface area contributed by atoms with E-state index in [0.717, 1.165) is 19.1 Å². The largest absolute Gasteiger partial charge is 0.352 e. The zero-order chi connectivity index (χ0) is 15.2. The Hall–Kier alpha value is -1.56. The van der Waals surface area contributed by atoms with Crippen molar-refractivity contribution in [2.75, 3.05) is 17.5 Å². The standard InChI is InChI=1S/C14H22N2O3S/c1-11(2)7-6-10-15-14(17)12-8-4-5-9-13(12)16-20(3,18)19/h4-5,8-9,11,16H,6-7,10H2,1-3H3,(H,15,17). The van der Waals surface area contributed by atoms with Crippen LogP contribution in [0.15, 0.2) is 24.3 Å². The van der Waals surface area contributed by atoms with Crippen molar-refractivity contribution in [1.82, 2.24) is 5.32 Å². The maximum Gasteiger partial charge on any atom is 0.253 e.